The number of aromatic nitrogens is 2. The van der Waals surface area contributed by atoms with Crippen molar-refractivity contribution >= 4 is 11.3 Å². The summed E-state index contributed by atoms with van der Waals surface area (Å²) in [5.74, 6) is 1.41. The molecule has 0 saturated carbocycles. The zero-order valence-corrected chi connectivity index (χ0v) is 9.49. The molecule has 80 valence electrons. The van der Waals surface area contributed by atoms with E-state index < -0.39 is 0 Å². The average Bonchev–Trinajstić information content (AvgIpc) is 2.86. The van der Waals surface area contributed by atoms with E-state index in [0.717, 1.165) is 5.56 Å². The smallest absolute Gasteiger partial charge is 0.244 e. The molecule has 0 aromatic carbocycles. The number of nitrogens with two attached hydrogens (primary N) is 1. The predicted octanol–water partition coefficient (Wildman–Crippen LogP) is 2.45. The summed E-state index contributed by atoms with van der Waals surface area (Å²) in [5.41, 5.74) is 6.89. The van der Waals surface area contributed by atoms with Crippen LogP contribution in [0.15, 0.2) is 21.3 Å². The van der Waals surface area contributed by atoms with Crippen LogP contribution >= 0.6 is 11.3 Å². The Morgan fingerprint density at radius 2 is 2.27 bits per heavy atom. The zero-order chi connectivity index (χ0) is 10.8. The Balaban J connectivity index is 2.25. The van der Waals surface area contributed by atoms with Gasteiger partial charge in [-0.15, -0.1) is 0 Å². The van der Waals surface area contributed by atoms with E-state index in [4.69, 9.17) is 10.3 Å². The van der Waals surface area contributed by atoms with E-state index >= 15 is 0 Å². The molecule has 0 aliphatic heterocycles. The molecule has 1 atom stereocenters. The highest BCUT2D eigenvalue weighted by molar-refractivity contribution is 7.08. The summed E-state index contributed by atoms with van der Waals surface area (Å²) in [7, 11) is 0. The molecule has 0 fully saturated rings. The van der Waals surface area contributed by atoms with Crippen LogP contribution in [-0.2, 0) is 0 Å². The maximum absolute atomic E-state index is 5.91. The largest absolute Gasteiger partial charge is 0.337 e. The molecule has 0 aliphatic carbocycles. The van der Waals surface area contributed by atoms with Gasteiger partial charge in [0.05, 0.1) is 6.04 Å². The van der Waals surface area contributed by atoms with Gasteiger partial charge < -0.3 is 10.3 Å². The first kappa shape index (κ1) is 10.3. The fraction of sp³-hybridized carbons (Fsp3) is 0.400. The van der Waals surface area contributed by atoms with Gasteiger partial charge >= 0.3 is 0 Å². The van der Waals surface area contributed by atoms with Crippen molar-refractivity contribution in [1.29, 1.82) is 0 Å². The molecule has 0 aliphatic rings. The Morgan fingerprint density at radius 1 is 1.47 bits per heavy atom. The van der Waals surface area contributed by atoms with Gasteiger partial charge in [-0.3, -0.25) is 0 Å². The molecule has 0 amide bonds. The number of hydrogen-bond acceptors (Lipinski definition) is 5. The minimum atomic E-state index is -0.190. The molecule has 2 aromatic heterocycles. The minimum absolute atomic E-state index is 0.190. The summed E-state index contributed by atoms with van der Waals surface area (Å²) in [4.78, 5) is 4.28. The van der Waals surface area contributed by atoms with Gasteiger partial charge in [0.1, 0.15) is 0 Å². The standard InChI is InChI=1S/C10H13N3OS/c1-6(2)8(11)10-12-9(13-14-10)7-3-4-15-5-7/h3-6,8H,11H2,1-2H3. The normalized spacial score (nSPS) is 13.3. The van der Waals surface area contributed by atoms with Gasteiger partial charge in [0, 0.05) is 10.9 Å². The summed E-state index contributed by atoms with van der Waals surface area (Å²) in [6, 6.07) is 1.77. The molecule has 4 nitrogen and oxygen atoms in total. The fourth-order valence-electron chi connectivity index (χ4n) is 1.16. The van der Waals surface area contributed by atoms with Crippen LogP contribution < -0.4 is 5.73 Å². The first-order valence-electron chi connectivity index (χ1n) is 4.80. The molecular formula is C10H13N3OS. The summed E-state index contributed by atoms with van der Waals surface area (Å²) >= 11 is 1.61. The molecule has 1 unspecified atom stereocenters. The Hall–Kier alpha value is -1.20. The van der Waals surface area contributed by atoms with Crippen molar-refractivity contribution < 1.29 is 4.52 Å². The first-order chi connectivity index (χ1) is 7.18. The van der Waals surface area contributed by atoms with Crippen molar-refractivity contribution in [1.82, 2.24) is 10.1 Å². The maximum Gasteiger partial charge on any atom is 0.244 e. The van der Waals surface area contributed by atoms with Gasteiger partial charge in [0.2, 0.25) is 11.7 Å². The second-order valence-corrected chi connectivity index (χ2v) is 4.52. The van der Waals surface area contributed by atoms with E-state index in [0.29, 0.717) is 17.6 Å². The van der Waals surface area contributed by atoms with E-state index in [9.17, 15) is 0 Å². The Labute approximate surface area is 92.1 Å². The summed E-state index contributed by atoms with van der Waals surface area (Å²) < 4.78 is 5.13. The lowest BCUT2D eigenvalue weighted by molar-refractivity contribution is 0.325. The monoisotopic (exact) mass is 223 g/mol. The van der Waals surface area contributed by atoms with Crippen LogP contribution in [0.25, 0.3) is 11.4 Å². The molecular weight excluding hydrogens is 210 g/mol. The molecule has 0 saturated heterocycles. The number of rotatable bonds is 3. The lowest BCUT2D eigenvalue weighted by Crippen LogP contribution is -2.16. The van der Waals surface area contributed by atoms with Crippen LogP contribution in [0.4, 0.5) is 0 Å². The molecule has 2 aromatic rings. The Bertz CT molecular complexity index is 422. The number of hydrogen-bond donors (Lipinski definition) is 1. The van der Waals surface area contributed by atoms with Crippen molar-refractivity contribution in [2.24, 2.45) is 11.7 Å². The van der Waals surface area contributed by atoms with Crippen molar-refractivity contribution in [2.45, 2.75) is 19.9 Å². The van der Waals surface area contributed by atoms with Gasteiger partial charge in [0.15, 0.2) is 0 Å². The van der Waals surface area contributed by atoms with E-state index in [1.165, 1.54) is 0 Å². The van der Waals surface area contributed by atoms with Crippen LogP contribution in [-0.4, -0.2) is 10.1 Å². The second-order valence-electron chi connectivity index (χ2n) is 3.74. The van der Waals surface area contributed by atoms with E-state index in [-0.39, 0.29) is 6.04 Å². The SMILES string of the molecule is CC(C)C(N)c1nc(-c2ccsc2)no1. The quantitative estimate of drug-likeness (QED) is 0.868. The predicted molar refractivity (Wildman–Crippen MR) is 59.4 cm³/mol. The van der Waals surface area contributed by atoms with Gasteiger partial charge in [-0.2, -0.15) is 16.3 Å². The Kier molecular flexibility index (Phi) is 2.83. The number of thiophene rings is 1. The van der Waals surface area contributed by atoms with Crippen LogP contribution in [0.2, 0.25) is 0 Å². The third-order valence-corrected chi connectivity index (χ3v) is 2.91. The van der Waals surface area contributed by atoms with Gasteiger partial charge in [0.25, 0.3) is 0 Å². The minimum Gasteiger partial charge on any atom is -0.337 e. The third kappa shape index (κ3) is 2.08. The highest BCUT2D eigenvalue weighted by Crippen LogP contribution is 2.22. The van der Waals surface area contributed by atoms with Crippen LogP contribution in [0.1, 0.15) is 25.8 Å². The molecule has 15 heavy (non-hydrogen) atoms. The van der Waals surface area contributed by atoms with Gasteiger partial charge in [-0.25, -0.2) is 0 Å². The number of nitrogens with zero attached hydrogens (tertiary/aromatic N) is 2. The highest BCUT2D eigenvalue weighted by Gasteiger charge is 2.18. The van der Waals surface area contributed by atoms with Crippen LogP contribution in [0.3, 0.4) is 0 Å². The fourth-order valence-corrected chi connectivity index (χ4v) is 1.80. The van der Waals surface area contributed by atoms with Gasteiger partial charge in [-0.05, 0) is 17.4 Å². The zero-order valence-electron chi connectivity index (χ0n) is 8.68. The van der Waals surface area contributed by atoms with Gasteiger partial charge in [-0.1, -0.05) is 19.0 Å². The lowest BCUT2D eigenvalue weighted by atomic mass is 10.1. The summed E-state index contributed by atoms with van der Waals surface area (Å²) in [5, 5.41) is 7.86. The molecule has 2 N–H and O–H groups in total. The summed E-state index contributed by atoms with van der Waals surface area (Å²) in [6.07, 6.45) is 0. The van der Waals surface area contributed by atoms with Crippen LogP contribution in [0, 0.1) is 5.92 Å². The van der Waals surface area contributed by atoms with Crippen molar-refractivity contribution in [3.63, 3.8) is 0 Å². The maximum atomic E-state index is 5.91. The third-order valence-electron chi connectivity index (χ3n) is 2.22. The van der Waals surface area contributed by atoms with E-state index in [1.807, 2.05) is 30.7 Å². The van der Waals surface area contributed by atoms with Crippen molar-refractivity contribution in [2.75, 3.05) is 0 Å². The van der Waals surface area contributed by atoms with Crippen LogP contribution in [0.5, 0.6) is 0 Å². The molecule has 0 radical (unpaired) electrons. The van der Waals surface area contributed by atoms with Crippen molar-refractivity contribution in [3.8, 4) is 11.4 Å². The first-order valence-corrected chi connectivity index (χ1v) is 5.74. The average molecular weight is 223 g/mol. The van der Waals surface area contributed by atoms with E-state index in [2.05, 4.69) is 10.1 Å². The lowest BCUT2D eigenvalue weighted by Gasteiger charge is -2.08. The van der Waals surface area contributed by atoms with Crippen molar-refractivity contribution in [3.05, 3.63) is 22.7 Å². The molecule has 2 heterocycles. The molecule has 5 heteroatoms. The molecule has 0 spiro atoms. The second kappa shape index (κ2) is 4.12. The molecule has 0 bridgehead atoms. The Morgan fingerprint density at radius 3 is 2.87 bits per heavy atom. The van der Waals surface area contributed by atoms with E-state index in [1.54, 1.807) is 11.3 Å². The summed E-state index contributed by atoms with van der Waals surface area (Å²) in [6.45, 7) is 4.05. The topological polar surface area (TPSA) is 64.9 Å². The molecule has 2 rings (SSSR count). The highest BCUT2D eigenvalue weighted by atomic mass is 32.1.